The minimum Gasteiger partial charge on any atom is -0.463 e. The molecule has 0 spiro atoms. The van der Waals surface area contributed by atoms with Crippen molar-refractivity contribution in [2.45, 2.75) is 26.4 Å². The maximum absolute atomic E-state index is 11.8. The normalized spacial score (nSPS) is 13.8. The number of urea groups is 1. The summed E-state index contributed by atoms with van der Waals surface area (Å²) in [4.78, 5) is 11.8. The minimum absolute atomic E-state index is 0.0254. The van der Waals surface area contributed by atoms with Crippen molar-refractivity contribution in [1.82, 2.24) is 15.1 Å². The molecule has 1 atom stereocenters. The van der Waals surface area contributed by atoms with E-state index in [-0.39, 0.29) is 6.54 Å². The van der Waals surface area contributed by atoms with Gasteiger partial charge in [0.1, 0.15) is 17.1 Å². The monoisotopic (exact) mass is 292 g/mol. The van der Waals surface area contributed by atoms with Crippen LogP contribution in [0, 0.1) is 13.8 Å². The Morgan fingerprint density at radius 3 is 2.71 bits per heavy atom. The number of aromatic nitrogens is 2. The minimum atomic E-state index is -1.27. The Morgan fingerprint density at radius 2 is 2.19 bits per heavy atom. The van der Waals surface area contributed by atoms with Gasteiger partial charge in [-0.05, 0) is 32.9 Å². The van der Waals surface area contributed by atoms with E-state index in [1.165, 1.54) is 0 Å². The predicted molar refractivity (Wildman–Crippen MR) is 78.0 cm³/mol. The third-order valence-electron chi connectivity index (χ3n) is 3.22. The van der Waals surface area contributed by atoms with Gasteiger partial charge in [-0.25, -0.2) is 4.79 Å². The lowest BCUT2D eigenvalue weighted by Crippen LogP contribution is -2.40. The molecule has 7 nitrogen and oxygen atoms in total. The highest BCUT2D eigenvalue weighted by Gasteiger charge is 2.27. The number of carbonyl (C=O) groups excluding carboxylic acids is 1. The molecule has 0 bridgehead atoms. The molecule has 3 N–H and O–H groups in total. The molecule has 114 valence electrons. The van der Waals surface area contributed by atoms with E-state index in [9.17, 15) is 9.90 Å². The summed E-state index contributed by atoms with van der Waals surface area (Å²) in [5, 5.41) is 19.6. The van der Waals surface area contributed by atoms with Crippen LogP contribution in [0.4, 0.5) is 10.6 Å². The first-order chi connectivity index (χ1) is 9.78. The standard InChI is InChI=1S/C14H20N4O3/c1-9-7-12(17-18(9)4)16-13(19)15-8-14(3,20)11-6-5-10(2)21-11/h5-7,20H,8H2,1-4H3,(H2,15,16,17,19). The number of nitrogens with one attached hydrogen (secondary N) is 2. The Bertz CT molecular complexity index is 623. The van der Waals surface area contributed by atoms with Gasteiger partial charge in [-0.1, -0.05) is 0 Å². The quantitative estimate of drug-likeness (QED) is 0.799. The Hall–Kier alpha value is -2.28. The maximum Gasteiger partial charge on any atom is 0.320 e. The second-order valence-electron chi connectivity index (χ2n) is 5.29. The summed E-state index contributed by atoms with van der Waals surface area (Å²) in [6, 6.07) is 4.78. The van der Waals surface area contributed by atoms with Gasteiger partial charge in [0.25, 0.3) is 0 Å². The summed E-state index contributed by atoms with van der Waals surface area (Å²) in [6.45, 7) is 5.29. The molecule has 0 aromatic carbocycles. The average molecular weight is 292 g/mol. The summed E-state index contributed by atoms with van der Waals surface area (Å²) >= 11 is 0. The van der Waals surface area contributed by atoms with Crippen LogP contribution in [0.15, 0.2) is 22.6 Å². The Kier molecular flexibility index (Phi) is 4.04. The van der Waals surface area contributed by atoms with Crippen LogP contribution in [0.5, 0.6) is 0 Å². The highest BCUT2D eigenvalue weighted by atomic mass is 16.4. The largest absolute Gasteiger partial charge is 0.463 e. The van der Waals surface area contributed by atoms with Gasteiger partial charge >= 0.3 is 6.03 Å². The highest BCUT2D eigenvalue weighted by molar-refractivity contribution is 5.88. The number of carbonyl (C=O) groups is 1. The van der Waals surface area contributed by atoms with Crippen LogP contribution in [-0.2, 0) is 12.6 Å². The smallest absolute Gasteiger partial charge is 0.320 e. The molecule has 0 radical (unpaired) electrons. The lowest BCUT2D eigenvalue weighted by Gasteiger charge is -2.21. The van der Waals surface area contributed by atoms with Crippen molar-refractivity contribution in [2.24, 2.45) is 7.05 Å². The van der Waals surface area contributed by atoms with Crippen molar-refractivity contribution in [3.05, 3.63) is 35.4 Å². The van der Waals surface area contributed by atoms with Crippen molar-refractivity contribution in [1.29, 1.82) is 0 Å². The first-order valence-corrected chi connectivity index (χ1v) is 6.63. The van der Waals surface area contributed by atoms with Crippen LogP contribution in [0.2, 0.25) is 0 Å². The van der Waals surface area contributed by atoms with E-state index >= 15 is 0 Å². The molecule has 2 amide bonds. The SMILES string of the molecule is Cc1ccc(C(C)(O)CNC(=O)Nc2cc(C)n(C)n2)o1. The van der Waals surface area contributed by atoms with Gasteiger partial charge in [0.2, 0.25) is 0 Å². The second-order valence-corrected chi connectivity index (χ2v) is 5.29. The van der Waals surface area contributed by atoms with E-state index in [0.717, 1.165) is 5.69 Å². The average Bonchev–Trinajstić information content (AvgIpc) is 2.95. The number of hydrogen-bond acceptors (Lipinski definition) is 4. The van der Waals surface area contributed by atoms with Gasteiger partial charge in [-0.2, -0.15) is 5.10 Å². The number of rotatable bonds is 4. The summed E-state index contributed by atoms with van der Waals surface area (Å²) in [5.74, 6) is 1.58. The van der Waals surface area contributed by atoms with Crippen molar-refractivity contribution in [3.63, 3.8) is 0 Å². The number of anilines is 1. The topological polar surface area (TPSA) is 92.3 Å². The summed E-state index contributed by atoms with van der Waals surface area (Å²) < 4.78 is 7.04. The molecule has 0 saturated carbocycles. The summed E-state index contributed by atoms with van der Waals surface area (Å²) in [7, 11) is 1.79. The lowest BCUT2D eigenvalue weighted by atomic mass is 10.0. The van der Waals surface area contributed by atoms with Gasteiger partial charge in [0, 0.05) is 18.8 Å². The molecule has 2 aromatic rings. The molecule has 0 saturated heterocycles. The van der Waals surface area contributed by atoms with Crippen LogP contribution in [-0.4, -0.2) is 27.5 Å². The first-order valence-electron chi connectivity index (χ1n) is 6.63. The number of nitrogens with zero attached hydrogens (tertiary/aromatic N) is 2. The molecule has 2 aromatic heterocycles. The van der Waals surface area contributed by atoms with Gasteiger partial charge < -0.3 is 14.8 Å². The van der Waals surface area contributed by atoms with Gasteiger partial charge in [0.05, 0.1) is 6.54 Å². The molecule has 0 fully saturated rings. The number of hydrogen-bond donors (Lipinski definition) is 3. The number of amides is 2. The fourth-order valence-electron chi connectivity index (χ4n) is 1.85. The Morgan fingerprint density at radius 1 is 1.48 bits per heavy atom. The Labute approximate surface area is 123 Å². The van der Waals surface area contributed by atoms with Crippen molar-refractivity contribution >= 4 is 11.8 Å². The molecule has 7 heteroatoms. The zero-order chi connectivity index (χ0) is 15.6. The van der Waals surface area contributed by atoms with E-state index in [1.54, 1.807) is 43.8 Å². The molecule has 2 heterocycles. The molecule has 0 aliphatic rings. The highest BCUT2D eigenvalue weighted by Crippen LogP contribution is 2.21. The molecule has 1 unspecified atom stereocenters. The number of aryl methyl sites for hydroxylation is 3. The fourth-order valence-corrected chi connectivity index (χ4v) is 1.85. The zero-order valence-corrected chi connectivity index (χ0v) is 12.6. The van der Waals surface area contributed by atoms with Gasteiger partial charge in [-0.3, -0.25) is 10.00 Å². The first kappa shape index (κ1) is 15.1. The molecular formula is C14H20N4O3. The van der Waals surface area contributed by atoms with E-state index in [4.69, 9.17) is 4.42 Å². The number of furan rings is 1. The van der Waals surface area contributed by atoms with Crippen molar-refractivity contribution in [2.75, 3.05) is 11.9 Å². The summed E-state index contributed by atoms with van der Waals surface area (Å²) in [5.41, 5.74) is -0.339. The van der Waals surface area contributed by atoms with Crippen LogP contribution < -0.4 is 10.6 Å². The summed E-state index contributed by atoms with van der Waals surface area (Å²) in [6.07, 6.45) is 0. The molecule has 0 aliphatic heterocycles. The predicted octanol–water partition coefficient (Wildman–Crippen LogP) is 1.66. The van der Waals surface area contributed by atoms with Crippen molar-refractivity contribution in [3.8, 4) is 0 Å². The van der Waals surface area contributed by atoms with Gasteiger partial charge in [0.15, 0.2) is 5.82 Å². The molecular weight excluding hydrogens is 272 g/mol. The van der Waals surface area contributed by atoms with Crippen LogP contribution >= 0.6 is 0 Å². The van der Waals surface area contributed by atoms with Gasteiger partial charge in [-0.15, -0.1) is 0 Å². The van der Waals surface area contributed by atoms with E-state index in [2.05, 4.69) is 15.7 Å². The fraction of sp³-hybridized carbons (Fsp3) is 0.429. The van der Waals surface area contributed by atoms with E-state index in [0.29, 0.717) is 17.3 Å². The van der Waals surface area contributed by atoms with Crippen LogP contribution in [0.3, 0.4) is 0 Å². The molecule has 0 aliphatic carbocycles. The number of aliphatic hydroxyl groups is 1. The second kappa shape index (κ2) is 5.61. The third-order valence-corrected chi connectivity index (χ3v) is 3.22. The molecule has 21 heavy (non-hydrogen) atoms. The van der Waals surface area contributed by atoms with Crippen LogP contribution in [0.1, 0.15) is 24.1 Å². The van der Waals surface area contributed by atoms with Crippen molar-refractivity contribution < 1.29 is 14.3 Å². The van der Waals surface area contributed by atoms with E-state index < -0.39 is 11.6 Å². The molecule has 2 rings (SSSR count). The maximum atomic E-state index is 11.8. The lowest BCUT2D eigenvalue weighted by molar-refractivity contribution is 0.0364. The Balaban J connectivity index is 1.91. The van der Waals surface area contributed by atoms with E-state index in [1.807, 2.05) is 6.92 Å². The zero-order valence-electron chi connectivity index (χ0n) is 12.6. The van der Waals surface area contributed by atoms with Crippen LogP contribution in [0.25, 0.3) is 0 Å². The third kappa shape index (κ3) is 3.63.